The highest BCUT2D eigenvalue weighted by atomic mass is 16.6. The summed E-state index contributed by atoms with van der Waals surface area (Å²) in [4.78, 5) is 12.3. The smallest absolute Gasteiger partial charge is 0.309 e. The summed E-state index contributed by atoms with van der Waals surface area (Å²) in [5.41, 5.74) is -0.00922. The molecule has 1 aliphatic rings. The minimum atomic E-state index is -0.316. The zero-order chi connectivity index (χ0) is 14.4. The Bertz CT molecular complexity index is 315. The Kier molecular flexibility index (Phi) is 3.92. The van der Waals surface area contributed by atoms with E-state index in [1.165, 1.54) is 0 Å². The van der Waals surface area contributed by atoms with Gasteiger partial charge in [0.15, 0.2) is 0 Å². The van der Waals surface area contributed by atoms with E-state index in [1.807, 2.05) is 13.8 Å². The molecule has 2 atom stereocenters. The van der Waals surface area contributed by atoms with Crippen LogP contribution in [0.25, 0.3) is 0 Å². The number of ether oxygens (including phenoxy) is 1. The van der Waals surface area contributed by atoms with Crippen molar-refractivity contribution < 1.29 is 9.53 Å². The quantitative estimate of drug-likeness (QED) is 0.647. The molecule has 18 heavy (non-hydrogen) atoms. The van der Waals surface area contributed by atoms with Crippen molar-refractivity contribution in [3.8, 4) is 0 Å². The van der Waals surface area contributed by atoms with Crippen LogP contribution < -0.4 is 0 Å². The van der Waals surface area contributed by atoms with Crippen LogP contribution in [0.5, 0.6) is 0 Å². The Balaban J connectivity index is 3.01. The second-order valence-corrected chi connectivity index (χ2v) is 8.73. The maximum Gasteiger partial charge on any atom is 0.309 e. The van der Waals surface area contributed by atoms with Crippen LogP contribution in [0.3, 0.4) is 0 Å². The fraction of sp³-hybridized carbons (Fsp3) is 0.938. The predicted octanol–water partition coefficient (Wildman–Crippen LogP) is 4.43. The van der Waals surface area contributed by atoms with Gasteiger partial charge >= 0.3 is 5.97 Å². The summed E-state index contributed by atoms with van der Waals surface area (Å²) >= 11 is 0. The highest BCUT2D eigenvalue weighted by molar-refractivity contribution is 5.74. The lowest BCUT2D eigenvalue weighted by Crippen LogP contribution is -2.48. The second kappa shape index (κ2) is 4.54. The number of rotatable bonds is 1. The first-order chi connectivity index (χ1) is 7.82. The molecule has 1 rings (SSSR count). The molecule has 0 spiro atoms. The molecule has 0 saturated carbocycles. The normalized spacial score (nSPS) is 29.0. The maximum absolute atomic E-state index is 12.3. The third kappa shape index (κ3) is 4.00. The standard InChI is InChI=1S/C16H30O2/c1-14(2,3)9-11-12(15(4,5)6)10-16(7,8)18-13(11)17/h11-12H,9-10H2,1-8H3. The van der Waals surface area contributed by atoms with E-state index in [9.17, 15) is 4.79 Å². The fourth-order valence-electron chi connectivity index (χ4n) is 3.02. The van der Waals surface area contributed by atoms with Gasteiger partial charge in [0.25, 0.3) is 0 Å². The summed E-state index contributed by atoms with van der Waals surface area (Å²) in [6.07, 6.45) is 1.87. The second-order valence-electron chi connectivity index (χ2n) is 8.73. The van der Waals surface area contributed by atoms with Crippen LogP contribution in [0.4, 0.5) is 0 Å². The molecule has 2 nitrogen and oxygen atoms in total. The Morgan fingerprint density at radius 1 is 1.17 bits per heavy atom. The predicted molar refractivity (Wildman–Crippen MR) is 75.3 cm³/mol. The molecular weight excluding hydrogens is 224 g/mol. The summed E-state index contributed by atoms with van der Waals surface area (Å²) in [5.74, 6) is 0.437. The van der Waals surface area contributed by atoms with Crippen LogP contribution in [-0.4, -0.2) is 11.6 Å². The van der Waals surface area contributed by atoms with E-state index >= 15 is 0 Å². The van der Waals surface area contributed by atoms with Gasteiger partial charge in [-0.05, 0) is 43.4 Å². The van der Waals surface area contributed by atoms with Crippen molar-refractivity contribution in [3.63, 3.8) is 0 Å². The molecule has 0 aromatic rings. The lowest BCUT2D eigenvalue weighted by molar-refractivity contribution is -0.183. The Labute approximate surface area is 112 Å². The lowest BCUT2D eigenvalue weighted by atomic mass is 9.64. The number of cyclic esters (lactones) is 1. The minimum Gasteiger partial charge on any atom is -0.459 e. The maximum atomic E-state index is 12.3. The molecule has 0 radical (unpaired) electrons. The molecule has 2 unspecified atom stereocenters. The van der Waals surface area contributed by atoms with E-state index in [4.69, 9.17) is 4.74 Å². The fourth-order valence-corrected chi connectivity index (χ4v) is 3.02. The molecule has 1 fully saturated rings. The first-order valence-corrected chi connectivity index (χ1v) is 7.05. The van der Waals surface area contributed by atoms with Crippen molar-refractivity contribution in [2.45, 2.75) is 73.8 Å². The molecule has 0 aromatic carbocycles. The van der Waals surface area contributed by atoms with Crippen LogP contribution in [-0.2, 0) is 9.53 Å². The van der Waals surface area contributed by atoms with E-state index in [2.05, 4.69) is 41.5 Å². The first kappa shape index (κ1) is 15.5. The zero-order valence-corrected chi connectivity index (χ0v) is 13.4. The van der Waals surface area contributed by atoms with E-state index in [0.29, 0.717) is 5.92 Å². The highest BCUT2D eigenvalue weighted by Crippen LogP contribution is 2.46. The molecular formula is C16H30O2. The van der Waals surface area contributed by atoms with Crippen LogP contribution in [0.2, 0.25) is 0 Å². The van der Waals surface area contributed by atoms with Crippen molar-refractivity contribution >= 4 is 5.97 Å². The number of esters is 1. The molecule has 106 valence electrons. The van der Waals surface area contributed by atoms with E-state index in [-0.39, 0.29) is 28.3 Å². The Hall–Kier alpha value is -0.530. The highest BCUT2D eigenvalue weighted by Gasteiger charge is 2.47. The van der Waals surface area contributed by atoms with E-state index < -0.39 is 0 Å². The van der Waals surface area contributed by atoms with Gasteiger partial charge in [-0.25, -0.2) is 0 Å². The van der Waals surface area contributed by atoms with Gasteiger partial charge in [-0.15, -0.1) is 0 Å². The van der Waals surface area contributed by atoms with Crippen molar-refractivity contribution in [2.24, 2.45) is 22.7 Å². The van der Waals surface area contributed by atoms with E-state index in [0.717, 1.165) is 12.8 Å². The van der Waals surface area contributed by atoms with Crippen LogP contribution >= 0.6 is 0 Å². The number of hydrogen-bond donors (Lipinski definition) is 0. The first-order valence-electron chi connectivity index (χ1n) is 7.05. The number of hydrogen-bond acceptors (Lipinski definition) is 2. The van der Waals surface area contributed by atoms with Gasteiger partial charge in [0.1, 0.15) is 5.60 Å². The molecule has 1 saturated heterocycles. The third-order valence-corrected chi connectivity index (χ3v) is 3.82. The molecule has 0 bridgehead atoms. The van der Waals surface area contributed by atoms with Crippen molar-refractivity contribution in [1.82, 2.24) is 0 Å². The van der Waals surface area contributed by atoms with Gasteiger partial charge < -0.3 is 4.74 Å². The van der Waals surface area contributed by atoms with Gasteiger partial charge in [-0.2, -0.15) is 0 Å². The van der Waals surface area contributed by atoms with Crippen molar-refractivity contribution in [3.05, 3.63) is 0 Å². The Morgan fingerprint density at radius 2 is 1.67 bits per heavy atom. The Morgan fingerprint density at radius 3 is 2.06 bits per heavy atom. The SMILES string of the molecule is CC(C)(C)CC1C(=O)OC(C)(C)CC1C(C)(C)C. The molecule has 1 aliphatic heterocycles. The van der Waals surface area contributed by atoms with Crippen LogP contribution in [0.1, 0.15) is 68.2 Å². The molecule has 0 amide bonds. The summed E-state index contributed by atoms with van der Waals surface area (Å²) in [6.45, 7) is 17.3. The van der Waals surface area contributed by atoms with Gasteiger partial charge in [0.05, 0.1) is 5.92 Å². The third-order valence-electron chi connectivity index (χ3n) is 3.82. The van der Waals surface area contributed by atoms with Gasteiger partial charge in [0, 0.05) is 0 Å². The van der Waals surface area contributed by atoms with Crippen LogP contribution in [0.15, 0.2) is 0 Å². The van der Waals surface area contributed by atoms with Crippen molar-refractivity contribution in [2.75, 3.05) is 0 Å². The summed E-state index contributed by atoms with van der Waals surface area (Å²) in [5, 5.41) is 0. The number of carbonyl (C=O) groups excluding carboxylic acids is 1. The summed E-state index contributed by atoms with van der Waals surface area (Å²) < 4.78 is 5.62. The number of carbonyl (C=O) groups is 1. The van der Waals surface area contributed by atoms with Gasteiger partial charge in [0.2, 0.25) is 0 Å². The average molecular weight is 254 g/mol. The van der Waals surface area contributed by atoms with Gasteiger partial charge in [-0.3, -0.25) is 4.79 Å². The molecule has 0 aliphatic carbocycles. The topological polar surface area (TPSA) is 26.3 Å². The molecule has 1 heterocycles. The average Bonchev–Trinajstić information content (AvgIpc) is 2.04. The minimum absolute atomic E-state index is 0.00102. The van der Waals surface area contributed by atoms with Crippen LogP contribution in [0, 0.1) is 22.7 Å². The molecule has 0 N–H and O–H groups in total. The van der Waals surface area contributed by atoms with E-state index in [1.54, 1.807) is 0 Å². The molecule has 2 heteroatoms. The monoisotopic (exact) mass is 254 g/mol. The molecule has 0 aromatic heterocycles. The van der Waals surface area contributed by atoms with Crippen molar-refractivity contribution in [1.29, 1.82) is 0 Å². The lowest BCUT2D eigenvalue weighted by Gasteiger charge is -2.47. The summed E-state index contributed by atoms with van der Waals surface area (Å²) in [6, 6.07) is 0. The van der Waals surface area contributed by atoms with Gasteiger partial charge in [-0.1, -0.05) is 41.5 Å². The zero-order valence-electron chi connectivity index (χ0n) is 13.4. The largest absolute Gasteiger partial charge is 0.459 e. The summed E-state index contributed by atoms with van der Waals surface area (Å²) in [7, 11) is 0.